The van der Waals surface area contributed by atoms with Gasteiger partial charge in [-0.2, -0.15) is 0 Å². The Kier molecular flexibility index (Phi) is 6.82. The number of rotatable bonds is 2. The van der Waals surface area contributed by atoms with Crippen LogP contribution in [0.2, 0.25) is 5.02 Å². The highest BCUT2D eigenvalue weighted by molar-refractivity contribution is 6.31. The topological polar surface area (TPSA) is 20.2 Å². The van der Waals surface area contributed by atoms with Gasteiger partial charge in [0, 0.05) is 11.6 Å². The van der Waals surface area contributed by atoms with Gasteiger partial charge in [0.25, 0.3) is 0 Å². The van der Waals surface area contributed by atoms with Crippen LogP contribution in [0.5, 0.6) is 0 Å². The molecular weight excluding hydrogens is 172 g/mol. The van der Waals surface area contributed by atoms with Gasteiger partial charge in [0.05, 0.1) is 0 Å². The van der Waals surface area contributed by atoms with E-state index in [1.54, 1.807) is 0 Å². The summed E-state index contributed by atoms with van der Waals surface area (Å²) in [6, 6.07) is 7.53. The minimum absolute atomic E-state index is 0.156. The van der Waals surface area contributed by atoms with E-state index in [0.29, 0.717) is 6.42 Å². The van der Waals surface area contributed by atoms with Gasteiger partial charge in [-0.15, -0.1) is 0 Å². The monoisotopic (exact) mass is 186 g/mol. The first-order chi connectivity index (χ1) is 5.84. The average Bonchev–Trinajstić information content (AvgIpc) is 2.13. The third-order valence-corrected chi connectivity index (χ3v) is 1.71. The maximum atomic E-state index is 8.59. The van der Waals surface area contributed by atoms with E-state index >= 15 is 0 Å². The molecule has 0 heterocycles. The maximum absolute atomic E-state index is 8.59. The highest BCUT2D eigenvalue weighted by Crippen LogP contribution is 2.14. The van der Waals surface area contributed by atoms with Gasteiger partial charge in [0.1, 0.15) is 0 Å². The predicted octanol–water partition coefficient (Wildman–Crippen LogP) is 2.90. The van der Waals surface area contributed by atoms with Crippen molar-refractivity contribution in [3.63, 3.8) is 0 Å². The van der Waals surface area contributed by atoms with Crippen LogP contribution in [0.1, 0.15) is 19.4 Å². The zero-order valence-electron chi connectivity index (χ0n) is 7.55. The Balaban J connectivity index is 0.000000561. The van der Waals surface area contributed by atoms with Gasteiger partial charge >= 0.3 is 0 Å². The fourth-order valence-electron chi connectivity index (χ4n) is 0.822. The van der Waals surface area contributed by atoms with E-state index in [1.807, 2.05) is 38.1 Å². The molecule has 68 valence electrons. The minimum atomic E-state index is 0.156. The highest BCUT2D eigenvalue weighted by atomic mass is 35.5. The summed E-state index contributed by atoms with van der Waals surface area (Å²) in [5.41, 5.74) is 1.01. The van der Waals surface area contributed by atoms with E-state index in [2.05, 4.69) is 0 Å². The van der Waals surface area contributed by atoms with E-state index in [0.717, 1.165) is 10.6 Å². The normalized spacial score (nSPS) is 8.67. The van der Waals surface area contributed by atoms with E-state index in [4.69, 9.17) is 16.7 Å². The molecule has 0 unspecified atom stereocenters. The quantitative estimate of drug-likeness (QED) is 0.753. The van der Waals surface area contributed by atoms with Crippen molar-refractivity contribution in [1.82, 2.24) is 0 Å². The number of hydrogen-bond acceptors (Lipinski definition) is 1. The van der Waals surface area contributed by atoms with Crippen molar-refractivity contribution in [3.8, 4) is 0 Å². The molecular formula is C10H15ClO. The Morgan fingerprint density at radius 3 is 2.33 bits per heavy atom. The molecule has 0 amide bonds. The molecule has 0 aliphatic rings. The summed E-state index contributed by atoms with van der Waals surface area (Å²) >= 11 is 5.79. The van der Waals surface area contributed by atoms with E-state index in [1.165, 1.54) is 0 Å². The summed E-state index contributed by atoms with van der Waals surface area (Å²) < 4.78 is 0. The van der Waals surface area contributed by atoms with E-state index in [9.17, 15) is 0 Å². The third kappa shape index (κ3) is 3.74. The van der Waals surface area contributed by atoms with Crippen LogP contribution >= 0.6 is 11.6 Å². The fourth-order valence-corrected chi connectivity index (χ4v) is 1.05. The number of aliphatic hydroxyl groups excluding tert-OH is 1. The van der Waals surface area contributed by atoms with Gasteiger partial charge in [-0.05, 0) is 18.1 Å². The smallest absolute Gasteiger partial charge is 0.0471 e. The van der Waals surface area contributed by atoms with Crippen LogP contribution in [0.15, 0.2) is 24.3 Å². The van der Waals surface area contributed by atoms with Crippen molar-refractivity contribution >= 4 is 11.6 Å². The Morgan fingerprint density at radius 1 is 1.25 bits per heavy atom. The zero-order chi connectivity index (χ0) is 9.40. The van der Waals surface area contributed by atoms with Crippen molar-refractivity contribution < 1.29 is 5.11 Å². The molecule has 1 aromatic rings. The van der Waals surface area contributed by atoms with Crippen LogP contribution in [0.25, 0.3) is 0 Å². The first-order valence-corrected chi connectivity index (χ1v) is 4.56. The van der Waals surface area contributed by atoms with Crippen LogP contribution in [0, 0.1) is 0 Å². The number of benzene rings is 1. The first-order valence-electron chi connectivity index (χ1n) is 4.19. The second kappa shape index (κ2) is 7.14. The second-order valence-electron chi connectivity index (χ2n) is 2.07. The van der Waals surface area contributed by atoms with Crippen molar-refractivity contribution in [2.75, 3.05) is 6.61 Å². The van der Waals surface area contributed by atoms with Gasteiger partial charge in [-0.3, -0.25) is 0 Å². The Hall–Kier alpha value is -0.530. The molecule has 2 heteroatoms. The molecule has 12 heavy (non-hydrogen) atoms. The lowest BCUT2D eigenvalue weighted by Gasteiger charge is -1.98. The van der Waals surface area contributed by atoms with Crippen molar-refractivity contribution in [1.29, 1.82) is 0 Å². The summed E-state index contributed by atoms with van der Waals surface area (Å²) in [4.78, 5) is 0. The molecule has 0 spiro atoms. The summed E-state index contributed by atoms with van der Waals surface area (Å²) in [5, 5.41) is 9.32. The number of halogens is 1. The highest BCUT2D eigenvalue weighted by Gasteiger charge is 1.95. The van der Waals surface area contributed by atoms with Gasteiger partial charge in [-0.25, -0.2) is 0 Å². The Morgan fingerprint density at radius 2 is 1.83 bits per heavy atom. The first kappa shape index (κ1) is 11.5. The average molecular weight is 187 g/mol. The molecule has 0 aliphatic heterocycles. The summed E-state index contributed by atoms with van der Waals surface area (Å²) in [6.07, 6.45) is 0.639. The number of aliphatic hydroxyl groups is 1. The SMILES string of the molecule is CC.OCCc1ccccc1Cl. The molecule has 0 fully saturated rings. The molecule has 1 aromatic carbocycles. The molecule has 0 radical (unpaired) electrons. The van der Waals surface area contributed by atoms with Crippen molar-refractivity contribution in [2.24, 2.45) is 0 Å². The van der Waals surface area contributed by atoms with Crippen LogP contribution in [-0.2, 0) is 6.42 Å². The minimum Gasteiger partial charge on any atom is -0.396 e. The molecule has 0 saturated heterocycles. The molecule has 0 aliphatic carbocycles. The molecule has 0 bridgehead atoms. The predicted molar refractivity (Wildman–Crippen MR) is 53.6 cm³/mol. The van der Waals surface area contributed by atoms with Gasteiger partial charge in [-0.1, -0.05) is 43.6 Å². The molecule has 1 N–H and O–H groups in total. The van der Waals surface area contributed by atoms with Crippen molar-refractivity contribution in [3.05, 3.63) is 34.9 Å². The maximum Gasteiger partial charge on any atom is 0.0471 e. The fraction of sp³-hybridized carbons (Fsp3) is 0.400. The molecule has 0 aromatic heterocycles. The largest absolute Gasteiger partial charge is 0.396 e. The van der Waals surface area contributed by atoms with Gasteiger partial charge in [0.15, 0.2) is 0 Å². The third-order valence-electron chi connectivity index (χ3n) is 1.34. The Labute approximate surface area is 79.0 Å². The van der Waals surface area contributed by atoms with Crippen LogP contribution in [0.3, 0.4) is 0 Å². The van der Waals surface area contributed by atoms with Gasteiger partial charge in [0.2, 0.25) is 0 Å². The van der Waals surface area contributed by atoms with E-state index in [-0.39, 0.29) is 6.61 Å². The van der Waals surface area contributed by atoms with Gasteiger partial charge < -0.3 is 5.11 Å². The summed E-state index contributed by atoms with van der Waals surface area (Å²) in [7, 11) is 0. The molecule has 0 saturated carbocycles. The summed E-state index contributed by atoms with van der Waals surface area (Å²) in [6.45, 7) is 4.16. The lowest BCUT2D eigenvalue weighted by molar-refractivity contribution is 0.299. The standard InChI is InChI=1S/C8H9ClO.C2H6/c9-8-4-2-1-3-7(8)5-6-10;1-2/h1-4,10H,5-6H2;1-2H3. The number of hydrogen-bond donors (Lipinski definition) is 1. The second-order valence-corrected chi connectivity index (χ2v) is 2.47. The molecule has 1 nitrogen and oxygen atoms in total. The van der Waals surface area contributed by atoms with E-state index < -0.39 is 0 Å². The van der Waals surface area contributed by atoms with Crippen molar-refractivity contribution in [2.45, 2.75) is 20.3 Å². The molecule has 1 rings (SSSR count). The van der Waals surface area contributed by atoms with Crippen LogP contribution in [0.4, 0.5) is 0 Å². The lowest BCUT2D eigenvalue weighted by Crippen LogP contribution is -1.90. The van der Waals surface area contributed by atoms with Crippen LogP contribution < -0.4 is 0 Å². The Bertz CT molecular complexity index is 211. The molecule has 0 atom stereocenters. The van der Waals surface area contributed by atoms with Crippen LogP contribution in [-0.4, -0.2) is 11.7 Å². The lowest BCUT2D eigenvalue weighted by atomic mass is 10.2. The zero-order valence-corrected chi connectivity index (χ0v) is 8.30. The summed E-state index contributed by atoms with van der Waals surface area (Å²) in [5.74, 6) is 0.